The van der Waals surface area contributed by atoms with Gasteiger partial charge in [0, 0.05) is 5.41 Å². The van der Waals surface area contributed by atoms with Crippen LogP contribution in [0.2, 0.25) is 0 Å². The van der Waals surface area contributed by atoms with Gasteiger partial charge in [0.15, 0.2) is 5.78 Å². The van der Waals surface area contributed by atoms with Gasteiger partial charge >= 0.3 is 0 Å². The van der Waals surface area contributed by atoms with Gasteiger partial charge in [-0.2, -0.15) is 0 Å². The van der Waals surface area contributed by atoms with Crippen molar-refractivity contribution < 1.29 is 9.53 Å². The summed E-state index contributed by atoms with van der Waals surface area (Å²) >= 11 is 3.50. The number of rotatable bonds is 4. The van der Waals surface area contributed by atoms with E-state index in [1.54, 1.807) is 7.11 Å². The Morgan fingerprint density at radius 2 is 2.00 bits per heavy atom. The normalized spacial score (nSPS) is 13.2. The van der Waals surface area contributed by atoms with Crippen LogP contribution in [-0.4, -0.2) is 17.7 Å². The average Bonchev–Trinajstić information content (AvgIpc) is 2.27. The highest BCUT2D eigenvalue weighted by atomic mass is 79.9. The summed E-state index contributed by atoms with van der Waals surface area (Å²) in [4.78, 5) is 12.0. The van der Waals surface area contributed by atoms with Crippen molar-refractivity contribution in [2.75, 3.05) is 7.11 Å². The Balaban J connectivity index is 2.80. The zero-order valence-electron chi connectivity index (χ0n) is 11.7. The molecular weight excluding hydrogens is 292 g/mol. The number of alkyl halides is 1. The highest BCUT2D eigenvalue weighted by Gasteiger charge is 2.27. The maximum atomic E-state index is 12.1. The van der Waals surface area contributed by atoms with Gasteiger partial charge in [-0.05, 0) is 30.5 Å². The number of benzene rings is 1. The maximum absolute atomic E-state index is 12.1. The number of carbonyl (C=O) groups excluding carboxylic acids is 1. The number of halogens is 1. The third-order valence-corrected chi connectivity index (χ3v) is 3.64. The summed E-state index contributed by atoms with van der Waals surface area (Å²) in [6.07, 6.45) is 0.709. The number of hydrogen-bond acceptors (Lipinski definition) is 2. The summed E-state index contributed by atoms with van der Waals surface area (Å²) in [6.45, 7) is 7.85. The standard InChI is InChI=1S/C15H21BrO2/c1-10-8-11(6-7-13(10)18-5)9-12(16)14(17)15(2,3)4/h6-8,12H,9H2,1-5H3. The molecule has 0 N–H and O–H groups in total. The van der Waals surface area contributed by atoms with E-state index in [0.29, 0.717) is 6.42 Å². The SMILES string of the molecule is COc1ccc(CC(Br)C(=O)C(C)(C)C)cc1C. The first-order valence-electron chi connectivity index (χ1n) is 6.07. The van der Waals surface area contributed by atoms with Crippen molar-refractivity contribution in [3.8, 4) is 5.75 Å². The molecule has 0 saturated carbocycles. The summed E-state index contributed by atoms with van der Waals surface area (Å²) in [6, 6.07) is 6.03. The van der Waals surface area contributed by atoms with Crippen LogP contribution in [0.4, 0.5) is 0 Å². The Labute approximate surface area is 118 Å². The number of carbonyl (C=O) groups is 1. The second-order valence-electron chi connectivity index (χ2n) is 5.59. The lowest BCUT2D eigenvalue weighted by atomic mass is 9.87. The van der Waals surface area contributed by atoms with E-state index in [1.807, 2.05) is 39.8 Å². The first-order valence-corrected chi connectivity index (χ1v) is 6.99. The summed E-state index contributed by atoms with van der Waals surface area (Å²) in [5.41, 5.74) is 1.93. The number of Topliss-reactive ketones (excluding diaryl/α,β-unsaturated/α-hetero) is 1. The van der Waals surface area contributed by atoms with Crippen LogP contribution < -0.4 is 4.74 Å². The molecule has 1 unspecified atom stereocenters. The fourth-order valence-electron chi connectivity index (χ4n) is 1.84. The summed E-state index contributed by atoms with van der Waals surface area (Å²) in [7, 11) is 1.67. The zero-order valence-corrected chi connectivity index (χ0v) is 13.3. The quantitative estimate of drug-likeness (QED) is 0.788. The molecule has 1 aromatic rings. The van der Waals surface area contributed by atoms with Gasteiger partial charge in [-0.3, -0.25) is 4.79 Å². The molecule has 18 heavy (non-hydrogen) atoms. The van der Waals surface area contributed by atoms with Crippen molar-refractivity contribution in [1.82, 2.24) is 0 Å². The van der Waals surface area contributed by atoms with Crippen molar-refractivity contribution in [2.24, 2.45) is 5.41 Å². The lowest BCUT2D eigenvalue weighted by molar-refractivity contribution is -0.125. The van der Waals surface area contributed by atoms with Gasteiger partial charge in [0.25, 0.3) is 0 Å². The molecule has 0 aliphatic heterocycles. The van der Waals surface area contributed by atoms with E-state index < -0.39 is 0 Å². The van der Waals surface area contributed by atoms with Crippen LogP contribution in [0.3, 0.4) is 0 Å². The van der Waals surface area contributed by atoms with Crippen LogP contribution in [0.1, 0.15) is 31.9 Å². The molecule has 0 amide bonds. The minimum Gasteiger partial charge on any atom is -0.496 e. The Morgan fingerprint density at radius 1 is 1.39 bits per heavy atom. The molecule has 1 atom stereocenters. The van der Waals surface area contributed by atoms with Gasteiger partial charge in [0.05, 0.1) is 11.9 Å². The van der Waals surface area contributed by atoms with Gasteiger partial charge < -0.3 is 4.74 Å². The highest BCUT2D eigenvalue weighted by Crippen LogP contribution is 2.25. The largest absolute Gasteiger partial charge is 0.496 e. The average molecular weight is 313 g/mol. The van der Waals surface area contributed by atoms with E-state index in [9.17, 15) is 4.79 Å². The van der Waals surface area contributed by atoms with Crippen LogP contribution in [-0.2, 0) is 11.2 Å². The molecule has 0 fully saturated rings. The summed E-state index contributed by atoms with van der Waals surface area (Å²) in [5, 5.41) is 0. The molecule has 1 aromatic carbocycles. The van der Waals surface area contributed by atoms with Crippen molar-refractivity contribution in [1.29, 1.82) is 0 Å². The fraction of sp³-hybridized carbons (Fsp3) is 0.533. The predicted molar refractivity (Wildman–Crippen MR) is 78.6 cm³/mol. The second-order valence-corrected chi connectivity index (χ2v) is 6.70. The molecule has 0 bridgehead atoms. The van der Waals surface area contributed by atoms with Crippen molar-refractivity contribution in [3.63, 3.8) is 0 Å². The molecule has 3 heteroatoms. The Hall–Kier alpha value is -0.830. The van der Waals surface area contributed by atoms with Gasteiger partial charge in [0.1, 0.15) is 5.75 Å². The Bertz CT molecular complexity index is 433. The molecule has 2 nitrogen and oxygen atoms in total. The van der Waals surface area contributed by atoms with Gasteiger partial charge in [-0.1, -0.05) is 48.8 Å². The first kappa shape index (κ1) is 15.2. The van der Waals surface area contributed by atoms with Gasteiger partial charge in [0.2, 0.25) is 0 Å². The molecule has 0 aliphatic carbocycles. The van der Waals surface area contributed by atoms with Crippen LogP contribution in [0.15, 0.2) is 18.2 Å². The maximum Gasteiger partial charge on any atom is 0.152 e. The molecule has 0 aliphatic rings. The number of ketones is 1. The topological polar surface area (TPSA) is 26.3 Å². The molecular formula is C15H21BrO2. The summed E-state index contributed by atoms with van der Waals surface area (Å²) < 4.78 is 5.23. The minimum atomic E-state index is -0.310. The van der Waals surface area contributed by atoms with E-state index in [-0.39, 0.29) is 16.0 Å². The fourth-order valence-corrected chi connectivity index (χ4v) is 2.90. The van der Waals surface area contributed by atoms with Gasteiger partial charge in [-0.15, -0.1) is 0 Å². The van der Waals surface area contributed by atoms with E-state index >= 15 is 0 Å². The molecule has 0 radical (unpaired) electrons. The number of methoxy groups -OCH3 is 1. The third kappa shape index (κ3) is 3.84. The summed E-state index contributed by atoms with van der Waals surface area (Å²) in [5.74, 6) is 1.11. The third-order valence-electron chi connectivity index (χ3n) is 2.90. The zero-order chi connectivity index (χ0) is 13.9. The monoisotopic (exact) mass is 312 g/mol. The van der Waals surface area contributed by atoms with Crippen molar-refractivity contribution >= 4 is 21.7 Å². The molecule has 1 rings (SSSR count). The van der Waals surface area contributed by atoms with Crippen molar-refractivity contribution in [3.05, 3.63) is 29.3 Å². The van der Waals surface area contributed by atoms with E-state index in [1.165, 1.54) is 0 Å². The smallest absolute Gasteiger partial charge is 0.152 e. The minimum absolute atomic E-state index is 0.134. The van der Waals surface area contributed by atoms with E-state index in [4.69, 9.17) is 4.74 Å². The number of hydrogen-bond donors (Lipinski definition) is 0. The highest BCUT2D eigenvalue weighted by molar-refractivity contribution is 9.10. The molecule has 0 heterocycles. The van der Waals surface area contributed by atoms with Crippen LogP contribution in [0.25, 0.3) is 0 Å². The number of aryl methyl sites for hydroxylation is 1. The predicted octanol–water partition coefficient (Wildman–Crippen LogP) is 3.92. The van der Waals surface area contributed by atoms with Crippen LogP contribution in [0, 0.1) is 12.3 Å². The number of ether oxygens (including phenoxy) is 1. The van der Waals surface area contributed by atoms with Crippen LogP contribution in [0.5, 0.6) is 5.75 Å². The second kappa shape index (κ2) is 5.87. The molecule has 0 saturated heterocycles. The van der Waals surface area contributed by atoms with Crippen molar-refractivity contribution in [2.45, 2.75) is 38.9 Å². The first-order chi connectivity index (χ1) is 8.25. The molecule has 0 spiro atoms. The Kier molecular flexibility index (Phi) is 4.97. The molecule has 100 valence electrons. The van der Waals surface area contributed by atoms with E-state index in [2.05, 4.69) is 22.0 Å². The van der Waals surface area contributed by atoms with E-state index in [0.717, 1.165) is 16.9 Å². The molecule has 0 aromatic heterocycles. The van der Waals surface area contributed by atoms with Gasteiger partial charge in [-0.25, -0.2) is 0 Å². The van der Waals surface area contributed by atoms with Crippen LogP contribution >= 0.6 is 15.9 Å². The Morgan fingerprint density at radius 3 is 2.44 bits per heavy atom. The lowest BCUT2D eigenvalue weighted by Gasteiger charge is -2.21. The lowest BCUT2D eigenvalue weighted by Crippen LogP contribution is -2.30.